The van der Waals surface area contributed by atoms with Gasteiger partial charge in [0.2, 0.25) is 5.91 Å². The minimum Gasteiger partial charge on any atom is -0.326 e. The Morgan fingerprint density at radius 3 is 2.19 bits per heavy atom. The van der Waals surface area contributed by atoms with Gasteiger partial charge < -0.3 is 10.2 Å². The zero-order valence-electron chi connectivity index (χ0n) is 15.5. The molecule has 0 spiro atoms. The third-order valence-electron chi connectivity index (χ3n) is 4.33. The molecular weight excluding hydrogens is 342 g/mol. The SMILES string of the molecule is CC(C)CN1C(=O)N(c2ccccc2)C(=O)[C@@H]1CC(=O)Nc1ccccc1. The lowest BCUT2D eigenvalue weighted by molar-refractivity contribution is -0.124. The van der Waals surface area contributed by atoms with Gasteiger partial charge in [0.1, 0.15) is 6.04 Å². The van der Waals surface area contributed by atoms with Crippen molar-refractivity contribution in [3.8, 4) is 0 Å². The summed E-state index contributed by atoms with van der Waals surface area (Å²) in [5.74, 6) is -0.483. The number of carbonyl (C=O) groups excluding carboxylic acids is 3. The van der Waals surface area contributed by atoms with E-state index in [-0.39, 0.29) is 30.2 Å². The summed E-state index contributed by atoms with van der Waals surface area (Å²) in [6.07, 6.45) is -0.0739. The van der Waals surface area contributed by atoms with Gasteiger partial charge >= 0.3 is 6.03 Å². The van der Waals surface area contributed by atoms with Gasteiger partial charge in [0.25, 0.3) is 5.91 Å². The largest absolute Gasteiger partial charge is 0.332 e. The van der Waals surface area contributed by atoms with Gasteiger partial charge in [-0.3, -0.25) is 9.59 Å². The molecule has 1 heterocycles. The summed E-state index contributed by atoms with van der Waals surface area (Å²) in [6, 6.07) is 16.7. The second-order valence-electron chi connectivity index (χ2n) is 6.97. The standard InChI is InChI=1S/C21H23N3O3/c1-15(2)14-23-18(13-19(25)22-16-9-5-3-6-10-16)20(26)24(21(23)27)17-11-7-4-8-12-17/h3-12,15,18H,13-14H2,1-2H3,(H,22,25)/t18-/m0/s1. The highest BCUT2D eigenvalue weighted by atomic mass is 16.2. The number of nitrogens with one attached hydrogen (secondary N) is 1. The van der Waals surface area contributed by atoms with Crippen LogP contribution in [0.4, 0.5) is 16.2 Å². The first-order chi connectivity index (χ1) is 13.0. The Labute approximate surface area is 158 Å². The van der Waals surface area contributed by atoms with Crippen molar-refractivity contribution < 1.29 is 14.4 Å². The summed E-state index contributed by atoms with van der Waals surface area (Å²) in [6.45, 7) is 4.37. The smallest absolute Gasteiger partial charge is 0.326 e. The van der Waals surface area contributed by atoms with Crippen LogP contribution in [-0.2, 0) is 9.59 Å². The minimum atomic E-state index is -0.802. The van der Waals surface area contributed by atoms with Gasteiger partial charge in [-0.2, -0.15) is 0 Å². The van der Waals surface area contributed by atoms with E-state index in [2.05, 4.69) is 5.32 Å². The molecular formula is C21H23N3O3. The van der Waals surface area contributed by atoms with Gasteiger partial charge in [-0.1, -0.05) is 50.2 Å². The molecule has 3 rings (SSSR count). The van der Waals surface area contributed by atoms with E-state index in [1.807, 2.05) is 38.1 Å². The predicted octanol–water partition coefficient (Wildman–Crippen LogP) is 3.51. The van der Waals surface area contributed by atoms with E-state index in [1.54, 1.807) is 36.4 Å². The van der Waals surface area contributed by atoms with Crippen LogP contribution < -0.4 is 10.2 Å². The normalized spacial score (nSPS) is 16.9. The number of hydrogen-bond acceptors (Lipinski definition) is 3. The molecule has 6 nitrogen and oxygen atoms in total. The van der Waals surface area contributed by atoms with Crippen LogP contribution >= 0.6 is 0 Å². The number of amides is 4. The van der Waals surface area contributed by atoms with Gasteiger partial charge in [-0.15, -0.1) is 0 Å². The van der Waals surface area contributed by atoms with E-state index in [1.165, 1.54) is 9.80 Å². The first-order valence-electron chi connectivity index (χ1n) is 9.02. The van der Waals surface area contributed by atoms with Crippen molar-refractivity contribution in [3.63, 3.8) is 0 Å². The van der Waals surface area contributed by atoms with Crippen molar-refractivity contribution >= 4 is 29.2 Å². The molecule has 1 N–H and O–H groups in total. The van der Waals surface area contributed by atoms with Gasteiger partial charge in [-0.05, 0) is 30.2 Å². The Hall–Kier alpha value is -3.15. The third kappa shape index (κ3) is 4.16. The Kier molecular flexibility index (Phi) is 5.54. The van der Waals surface area contributed by atoms with Gasteiger partial charge in [-0.25, -0.2) is 9.69 Å². The average Bonchev–Trinajstić information content (AvgIpc) is 2.87. The molecule has 4 amide bonds. The molecule has 2 aromatic carbocycles. The van der Waals surface area contributed by atoms with Crippen molar-refractivity contribution in [2.45, 2.75) is 26.3 Å². The van der Waals surface area contributed by atoms with E-state index < -0.39 is 6.04 Å². The summed E-state index contributed by atoms with van der Waals surface area (Å²) in [5, 5.41) is 2.79. The summed E-state index contributed by atoms with van der Waals surface area (Å²) < 4.78 is 0. The molecule has 0 bridgehead atoms. The van der Waals surface area contributed by atoms with Crippen LogP contribution in [0, 0.1) is 5.92 Å². The van der Waals surface area contributed by atoms with E-state index >= 15 is 0 Å². The molecule has 27 heavy (non-hydrogen) atoms. The third-order valence-corrected chi connectivity index (χ3v) is 4.33. The molecule has 1 aliphatic rings. The fraction of sp³-hybridized carbons (Fsp3) is 0.286. The quantitative estimate of drug-likeness (QED) is 0.797. The highest BCUT2D eigenvalue weighted by Crippen LogP contribution is 2.27. The maximum Gasteiger partial charge on any atom is 0.332 e. The van der Waals surface area contributed by atoms with Gasteiger partial charge in [0, 0.05) is 12.2 Å². The minimum absolute atomic E-state index is 0.0739. The Morgan fingerprint density at radius 2 is 1.59 bits per heavy atom. The maximum absolute atomic E-state index is 13.0. The van der Waals surface area contributed by atoms with Crippen molar-refractivity contribution in [3.05, 3.63) is 60.7 Å². The van der Waals surface area contributed by atoms with Crippen LogP contribution in [0.25, 0.3) is 0 Å². The number of rotatable bonds is 6. The molecule has 1 aliphatic heterocycles. The average molecular weight is 365 g/mol. The predicted molar refractivity (Wildman–Crippen MR) is 104 cm³/mol. The van der Waals surface area contributed by atoms with Crippen LogP contribution in [0.15, 0.2) is 60.7 Å². The number of imide groups is 1. The first-order valence-corrected chi connectivity index (χ1v) is 9.02. The number of para-hydroxylation sites is 2. The molecule has 1 atom stereocenters. The summed E-state index contributed by atoms with van der Waals surface area (Å²) in [7, 11) is 0. The summed E-state index contributed by atoms with van der Waals surface area (Å²) in [5.41, 5.74) is 1.18. The van der Waals surface area contributed by atoms with E-state index in [0.717, 1.165) is 0 Å². The Morgan fingerprint density at radius 1 is 1.00 bits per heavy atom. The lowest BCUT2D eigenvalue weighted by atomic mass is 10.1. The molecule has 140 valence electrons. The number of carbonyl (C=O) groups is 3. The van der Waals surface area contributed by atoms with E-state index in [4.69, 9.17) is 0 Å². The molecule has 0 aliphatic carbocycles. The molecule has 6 heteroatoms. The number of urea groups is 1. The molecule has 0 saturated carbocycles. The zero-order chi connectivity index (χ0) is 19.4. The topological polar surface area (TPSA) is 69.7 Å². The fourth-order valence-corrected chi connectivity index (χ4v) is 3.16. The second kappa shape index (κ2) is 8.03. The number of hydrogen-bond donors (Lipinski definition) is 1. The molecule has 2 aromatic rings. The second-order valence-corrected chi connectivity index (χ2v) is 6.97. The summed E-state index contributed by atoms with van der Waals surface area (Å²) in [4.78, 5) is 41.0. The molecule has 1 saturated heterocycles. The van der Waals surface area contributed by atoms with Crippen LogP contribution in [-0.4, -0.2) is 35.3 Å². The van der Waals surface area contributed by atoms with Crippen LogP contribution in [0.2, 0.25) is 0 Å². The lowest BCUT2D eigenvalue weighted by Gasteiger charge is -2.23. The van der Waals surface area contributed by atoms with E-state index in [0.29, 0.717) is 17.9 Å². The molecule has 0 aromatic heterocycles. The number of nitrogens with zero attached hydrogens (tertiary/aromatic N) is 2. The Bertz CT molecular complexity index is 821. The Balaban J connectivity index is 1.81. The van der Waals surface area contributed by atoms with Crippen molar-refractivity contribution in [2.24, 2.45) is 5.92 Å². The monoisotopic (exact) mass is 365 g/mol. The number of anilines is 2. The van der Waals surface area contributed by atoms with Crippen molar-refractivity contribution in [1.29, 1.82) is 0 Å². The number of benzene rings is 2. The first kappa shape index (κ1) is 18.6. The van der Waals surface area contributed by atoms with Crippen LogP contribution in [0.5, 0.6) is 0 Å². The van der Waals surface area contributed by atoms with E-state index in [9.17, 15) is 14.4 Å². The van der Waals surface area contributed by atoms with Gasteiger partial charge in [0.05, 0.1) is 12.1 Å². The lowest BCUT2D eigenvalue weighted by Crippen LogP contribution is -2.40. The fourth-order valence-electron chi connectivity index (χ4n) is 3.16. The van der Waals surface area contributed by atoms with Crippen LogP contribution in [0.3, 0.4) is 0 Å². The summed E-state index contributed by atoms with van der Waals surface area (Å²) >= 11 is 0. The molecule has 0 unspecified atom stereocenters. The highest BCUT2D eigenvalue weighted by molar-refractivity contribution is 6.22. The van der Waals surface area contributed by atoms with Crippen molar-refractivity contribution in [1.82, 2.24) is 4.90 Å². The maximum atomic E-state index is 13.0. The van der Waals surface area contributed by atoms with Crippen LogP contribution in [0.1, 0.15) is 20.3 Å². The molecule has 1 fully saturated rings. The highest BCUT2D eigenvalue weighted by Gasteiger charge is 2.46. The zero-order valence-corrected chi connectivity index (χ0v) is 15.5. The van der Waals surface area contributed by atoms with Gasteiger partial charge in [0.15, 0.2) is 0 Å². The van der Waals surface area contributed by atoms with Crippen molar-refractivity contribution in [2.75, 3.05) is 16.8 Å². The molecule has 0 radical (unpaired) electrons.